The molecule has 0 spiro atoms. The number of rotatable bonds is 2. The Hall–Kier alpha value is -3.22. The van der Waals surface area contributed by atoms with Gasteiger partial charge < -0.3 is 15.2 Å². The molecule has 0 aliphatic carbocycles. The van der Waals surface area contributed by atoms with E-state index in [4.69, 9.17) is 10.2 Å². The molecule has 0 aliphatic rings. The first-order valence-electron chi connectivity index (χ1n) is 5.88. The first kappa shape index (κ1) is 14.2. The maximum absolute atomic E-state index is 10.7. The molecule has 0 unspecified atom stereocenters. The maximum atomic E-state index is 10.7. The lowest BCUT2D eigenvalue weighted by atomic mass is 10.2. The maximum Gasteiger partial charge on any atom is 0.356 e. The standard InChI is InChI=1S/C9H7NO2.C5H4N2O2/c11-9(12)7-5-10-8-4-2-1-3-6(7)8;8-5(9)4-3-6-1-2-7-4/h1-5,10H,(H,11,12);1-3H,(H,8,9). The molecule has 7 heteroatoms. The van der Waals surface area contributed by atoms with Gasteiger partial charge in [0.05, 0.1) is 11.8 Å². The summed E-state index contributed by atoms with van der Waals surface area (Å²) in [5, 5.41) is 17.8. The van der Waals surface area contributed by atoms with Crippen LogP contribution in [0.1, 0.15) is 20.8 Å². The van der Waals surface area contributed by atoms with E-state index in [-0.39, 0.29) is 5.69 Å². The number of carboxylic acid groups (broad SMARTS) is 2. The van der Waals surface area contributed by atoms with Crippen molar-refractivity contribution in [3.63, 3.8) is 0 Å². The van der Waals surface area contributed by atoms with Gasteiger partial charge >= 0.3 is 11.9 Å². The summed E-state index contributed by atoms with van der Waals surface area (Å²) in [5.41, 5.74) is 1.15. The Balaban J connectivity index is 0.000000161. The zero-order valence-corrected chi connectivity index (χ0v) is 10.7. The fourth-order valence-electron chi connectivity index (χ4n) is 1.66. The first-order chi connectivity index (χ1) is 10.1. The molecule has 7 nitrogen and oxygen atoms in total. The third-order valence-corrected chi connectivity index (χ3v) is 2.60. The van der Waals surface area contributed by atoms with Crippen LogP contribution >= 0.6 is 0 Å². The minimum atomic E-state index is -1.05. The van der Waals surface area contributed by atoms with Gasteiger partial charge in [-0.1, -0.05) is 18.2 Å². The Labute approximate surface area is 118 Å². The number of aromatic amines is 1. The van der Waals surface area contributed by atoms with Gasteiger partial charge in [0.1, 0.15) is 0 Å². The molecule has 0 bridgehead atoms. The molecule has 0 amide bonds. The summed E-state index contributed by atoms with van der Waals surface area (Å²) >= 11 is 0. The molecule has 0 aliphatic heterocycles. The molecule has 0 saturated carbocycles. The molecule has 0 fully saturated rings. The van der Waals surface area contributed by atoms with Crippen molar-refractivity contribution in [3.05, 3.63) is 60.3 Å². The minimum absolute atomic E-state index is 0.0301. The van der Waals surface area contributed by atoms with Gasteiger partial charge in [0.15, 0.2) is 5.69 Å². The van der Waals surface area contributed by atoms with Gasteiger partial charge in [0.25, 0.3) is 0 Å². The van der Waals surface area contributed by atoms with E-state index in [2.05, 4.69) is 15.0 Å². The predicted molar refractivity (Wildman–Crippen MR) is 74.2 cm³/mol. The van der Waals surface area contributed by atoms with Crippen molar-refractivity contribution in [2.24, 2.45) is 0 Å². The van der Waals surface area contributed by atoms with E-state index in [1.165, 1.54) is 24.8 Å². The van der Waals surface area contributed by atoms with Gasteiger partial charge in [-0.2, -0.15) is 0 Å². The van der Waals surface area contributed by atoms with Gasteiger partial charge in [0, 0.05) is 29.5 Å². The van der Waals surface area contributed by atoms with Crippen LogP contribution in [0.2, 0.25) is 0 Å². The average molecular weight is 285 g/mol. The lowest BCUT2D eigenvalue weighted by molar-refractivity contribution is 0.0682. The van der Waals surface area contributed by atoms with Gasteiger partial charge in [0.2, 0.25) is 0 Å². The van der Waals surface area contributed by atoms with E-state index < -0.39 is 11.9 Å². The van der Waals surface area contributed by atoms with E-state index >= 15 is 0 Å². The number of aromatic carboxylic acids is 2. The van der Waals surface area contributed by atoms with Gasteiger partial charge in [-0.15, -0.1) is 0 Å². The predicted octanol–water partition coefficient (Wildman–Crippen LogP) is 2.04. The third kappa shape index (κ3) is 3.41. The smallest absolute Gasteiger partial charge is 0.356 e. The summed E-state index contributed by atoms with van der Waals surface area (Å²) in [6.45, 7) is 0. The average Bonchev–Trinajstić information content (AvgIpc) is 2.93. The summed E-state index contributed by atoms with van der Waals surface area (Å²) in [7, 11) is 0. The van der Waals surface area contributed by atoms with Gasteiger partial charge in [-0.05, 0) is 6.07 Å². The molecule has 1 aromatic carbocycles. The van der Waals surface area contributed by atoms with E-state index in [0.29, 0.717) is 5.56 Å². The highest BCUT2D eigenvalue weighted by molar-refractivity contribution is 6.03. The highest BCUT2D eigenvalue weighted by atomic mass is 16.4. The van der Waals surface area contributed by atoms with Crippen LogP contribution in [0, 0.1) is 0 Å². The van der Waals surface area contributed by atoms with Crippen molar-refractivity contribution in [1.82, 2.24) is 15.0 Å². The van der Waals surface area contributed by atoms with E-state index in [1.807, 2.05) is 18.2 Å². The molecular formula is C14H11N3O4. The van der Waals surface area contributed by atoms with Crippen molar-refractivity contribution in [2.45, 2.75) is 0 Å². The second-order valence-corrected chi connectivity index (χ2v) is 3.95. The van der Waals surface area contributed by atoms with Crippen LogP contribution in [0.5, 0.6) is 0 Å². The highest BCUT2D eigenvalue weighted by Gasteiger charge is 2.08. The summed E-state index contributed by atoms with van der Waals surface area (Å²) < 4.78 is 0. The number of hydrogen-bond acceptors (Lipinski definition) is 4. The van der Waals surface area contributed by atoms with Crippen LogP contribution in [-0.4, -0.2) is 37.1 Å². The Morgan fingerprint density at radius 3 is 2.38 bits per heavy atom. The number of carbonyl (C=O) groups is 2. The van der Waals surface area contributed by atoms with Crippen LogP contribution in [0.3, 0.4) is 0 Å². The van der Waals surface area contributed by atoms with E-state index in [1.54, 1.807) is 6.07 Å². The summed E-state index contributed by atoms with van der Waals surface area (Å²) in [5.74, 6) is -1.95. The number of carboxylic acids is 2. The van der Waals surface area contributed by atoms with Crippen molar-refractivity contribution in [3.8, 4) is 0 Å². The van der Waals surface area contributed by atoms with Crippen LogP contribution < -0.4 is 0 Å². The molecule has 21 heavy (non-hydrogen) atoms. The number of aromatic nitrogens is 3. The number of H-pyrrole nitrogens is 1. The number of nitrogens with one attached hydrogen (secondary N) is 1. The van der Waals surface area contributed by atoms with Crippen LogP contribution in [0.4, 0.5) is 0 Å². The second kappa shape index (κ2) is 6.29. The molecular weight excluding hydrogens is 274 g/mol. The molecule has 3 N–H and O–H groups in total. The molecule has 2 heterocycles. The van der Waals surface area contributed by atoms with Crippen LogP contribution in [0.15, 0.2) is 49.1 Å². The van der Waals surface area contributed by atoms with E-state index in [0.717, 1.165) is 10.9 Å². The summed E-state index contributed by atoms with van der Waals surface area (Å²) in [6.07, 6.45) is 5.46. The normalized spacial score (nSPS) is 9.71. The molecule has 2 aromatic heterocycles. The SMILES string of the molecule is O=C(O)c1c[nH]c2ccccc12.O=C(O)c1cnccn1. The van der Waals surface area contributed by atoms with E-state index in [9.17, 15) is 9.59 Å². The molecule has 0 saturated heterocycles. The number of hydrogen-bond donors (Lipinski definition) is 3. The van der Waals surface area contributed by atoms with Gasteiger partial charge in [-0.25, -0.2) is 14.6 Å². The number of fused-ring (bicyclic) bond motifs is 1. The Kier molecular flexibility index (Phi) is 4.25. The van der Waals surface area contributed by atoms with Crippen molar-refractivity contribution in [1.29, 1.82) is 0 Å². The van der Waals surface area contributed by atoms with Crippen molar-refractivity contribution < 1.29 is 19.8 Å². The lowest BCUT2D eigenvalue weighted by Gasteiger charge is -1.89. The summed E-state index contributed by atoms with van der Waals surface area (Å²) in [6, 6.07) is 7.32. The second-order valence-electron chi connectivity index (χ2n) is 3.95. The Bertz CT molecular complexity index is 768. The zero-order valence-electron chi connectivity index (χ0n) is 10.7. The topological polar surface area (TPSA) is 116 Å². The number of nitrogens with zero attached hydrogens (tertiary/aromatic N) is 2. The molecule has 0 radical (unpaired) electrons. The lowest BCUT2D eigenvalue weighted by Crippen LogP contribution is -1.99. The molecule has 3 aromatic rings. The van der Waals surface area contributed by atoms with Crippen molar-refractivity contribution >= 4 is 22.8 Å². The monoisotopic (exact) mass is 285 g/mol. The molecule has 106 valence electrons. The fraction of sp³-hybridized carbons (Fsp3) is 0. The van der Waals surface area contributed by atoms with Crippen LogP contribution in [-0.2, 0) is 0 Å². The number of para-hydroxylation sites is 1. The number of benzene rings is 1. The highest BCUT2D eigenvalue weighted by Crippen LogP contribution is 2.16. The largest absolute Gasteiger partial charge is 0.478 e. The van der Waals surface area contributed by atoms with Crippen molar-refractivity contribution in [2.75, 3.05) is 0 Å². The minimum Gasteiger partial charge on any atom is -0.478 e. The third-order valence-electron chi connectivity index (χ3n) is 2.60. The fourth-order valence-corrected chi connectivity index (χ4v) is 1.66. The first-order valence-corrected chi connectivity index (χ1v) is 5.88. The van der Waals surface area contributed by atoms with Crippen LogP contribution in [0.25, 0.3) is 10.9 Å². The zero-order chi connectivity index (χ0) is 15.2. The molecule has 3 rings (SSSR count). The quantitative estimate of drug-likeness (QED) is 0.663. The Morgan fingerprint density at radius 1 is 1.05 bits per heavy atom. The molecule has 0 atom stereocenters. The Morgan fingerprint density at radius 2 is 1.81 bits per heavy atom. The summed E-state index contributed by atoms with van der Waals surface area (Å²) in [4.78, 5) is 30.7. The van der Waals surface area contributed by atoms with Gasteiger partial charge in [-0.3, -0.25) is 4.98 Å².